The minimum absolute atomic E-state index is 0.0952. The predicted octanol–water partition coefficient (Wildman–Crippen LogP) is 23.7. The fourth-order valence-corrected chi connectivity index (χ4v) is 10.7. The molecule has 74 heavy (non-hydrogen) atoms. The molecule has 0 fully saturated rings. The van der Waals surface area contributed by atoms with Crippen LogP contribution in [-0.4, -0.2) is 37.9 Å². The second-order valence-corrected chi connectivity index (χ2v) is 23.4. The Hall–Kier alpha value is -1.36. The first-order chi connectivity index (χ1) is 36.6. The molecule has 0 aliphatic rings. The molecule has 0 spiro atoms. The van der Waals surface area contributed by atoms with E-state index in [0.29, 0.717) is 26.1 Å². The Kier molecular flexibility index (Phi) is 64.7. The maximum absolute atomic E-state index is 12.9. The van der Waals surface area contributed by atoms with Gasteiger partial charge in [-0.15, -0.1) is 0 Å². The largest absolute Gasteiger partial charge is 0.462 e. The summed E-state index contributed by atoms with van der Waals surface area (Å²) in [5.41, 5.74) is 0. The molecule has 0 bridgehead atoms. The lowest BCUT2D eigenvalue weighted by atomic mass is 10.0. The normalized spacial score (nSPS) is 12.1. The molecule has 0 saturated heterocycles. The third-order valence-electron chi connectivity index (χ3n) is 15.8. The number of hydrogen-bond donors (Lipinski definition) is 0. The van der Waals surface area contributed by atoms with E-state index in [1.807, 2.05) is 0 Å². The molecule has 0 aromatic carbocycles. The van der Waals surface area contributed by atoms with Crippen LogP contribution in [0.25, 0.3) is 0 Å². The van der Waals surface area contributed by atoms with Gasteiger partial charge in [0.05, 0.1) is 6.61 Å². The van der Waals surface area contributed by atoms with Gasteiger partial charge in [0.25, 0.3) is 0 Å². The van der Waals surface area contributed by atoms with E-state index in [4.69, 9.17) is 14.2 Å². The Labute approximate surface area is 465 Å². The summed E-state index contributed by atoms with van der Waals surface area (Å²) in [5.74, 6) is -0.365. The van der Waals surface area contributed by atoms with E-state index in [1.54, 1.807) is 0 Å². The number of carbonyl (C=O) groups is 2. The molecular weight excluding hydrogens is 909 g/mol. The van der Waals surface area contributed by atoms with Gasteiger partial charge in [-0.25, -0.2) is 0 Å². The Morgan fingerprint density at radius 1 is 0.284 bits per heavy atom. The molecule has 0 aliphatic carbocycles. The van der Waals surface area contributed by atoms with Crippen LogP contribution in [0, 0.1) is 0 Å². The van der Waals surface area contributed by atoms with Crippen molar-refractivity contribution >= 4 is 11.9 Å². The van der Waals surface area contributed by atoms with E-state index in [9.17, 15) is 9.59 Å². The van der Waals surface area contributed by atoms with E-state index in [-0.39, 0.29) is 18.5 Å². The summed E-state index contributed by atoms with van der Waals surface area (Å²) >= 11 is 0. The third kappa shape index (κ3) is 63.2. The quantitative estimate of drug-likeness (QED) is 0.0345. The lowest BCUT2D eigenvalue weighted by Crippen LogP contribution is -2.30. The summed E-state index contributed by atoms with van der Waals surface area (Å²) in [6, 6.07) is 0. The predicted molar refractivity (Wildman–Crippen MR) is 326 cm³/mol. The van der Waals surface area contributed by atoms with Gasteiger partial charge in [-0.2, -0.15) is 0 Å². The van der Waals surface area contributed by atoms with Crippen molar-refractivity contribution in [2.75, 3.05) is 19.8 Å². The average Bonchev–Trinajstić information content (AvgIpc) is 3.40. The average molecular weight is 1040 g/mol. The van der Waals surface area contributed by atoms with Crippen molar-refractivity contribution in [1.29, 1.82) is 0 Å². The fourth-order valence-electron chi connectivity index (χ4n) is 10.7. The fraction of sp³-hybridized carbons (Fsp3) is 0.942. The molecule has 5 nitrogen and oxygen atoms in total. The molecule has 0 radical (unpaired) electrons. The summed E-state index contributed by atoms with van der Waals surface area (Å²) in [7, 11) is 0. The highest BCUT2D eigenvalue weighted by Crippen LogP contribution is 2.19. The number of esters is 2. The van der Waals surface area contributed by atoms with Crippen molar-refractivity contribution in [3.8, 4) is 0 Å². The van der Waals surface area contributed by atoms with Gasteiger partial charge in [-0.05, 0) is 44.9 Å². The molecule has 440 valence electrons. The zero-order chi connectivity index (χ0) is 53.4. The number of unbranched alkanes of at least 4 members (excludes halogenated alkanes) is 52. The molecule has 0 amide bonds. The lowest BCUT2D eigenvalue weighted by molar-refractivity contribution is -0.163. The second-order valence-electron chi connectivity index (χ2n) is 23.4. The van der Waals surface area contributed by atoms with E-state index < -0.39 is 6.10 Å². The van der Waals surface area contributed by atoms with Crippen molar-refractivity contribution < 1.29 is 23.8 Å². The van der Waals surface area contributed by atoms with E-state index in [2.05, 4.69) is 32.9 Å². The highest BCUT2D eigenvalue weighted by Gasteiger charge is 2.18. The van der Waals surface area contributed by atoms with Crippen LogP contribution in [0.5, 0.6) is 0 Å². The van der Waals surface area contributed by atoms with E-state index >= 15 is 0 Å². The van der Waals surface area contributed by atoms with Gasteiger partial charge in [0.2, 0.25) is 0 Å². The zero-order valence-electron chi connectivity index (χ0n) is 50.9. The molecule has 0 rings (SSSR count). The second kappa shape index (κ2) is 65.9. The van der Waals surface area contributed by atoms with Crippen LogP contribution in [0.4, 0.5) is 0 Å². The maximum Gasteiger partial charge on any atom is 0.306 e. The first kappa shape index (κ1) is 72.6. The number of carbonyl (C=O) groups excluding carboxylic acids is 2. The Balaban J connectivity index is 4.20. The van der Waals surface area contributed by atoms with Crippen molar-refractivity contribution in [2.24, 2.45) is 0 Å². The highest BCUT2D eigenvalue weighted by molar-refractivity contribution is 5.70. The number of hydrogen-bond acceptors (Lipinski definition) is 5. The summed E-state index contributed by atoms with van der Waals surface area (Å²) < 4.78 is 17.6. The minimum Gasteiger partial charge on any atom is -0.462 e. The number of ether oxygens (including phenoxy) is 3. The van der Waals surface area contributed by atoms with Gasteiger partial charge in [-0.3, -0.25) is 9.59 Å². The lowest BCUT2D eigenvalue weighted by Gasteiger charge is -2.18. The Bertz CT molecular complexity index is 1090. The Morgan fingerprint density at radius 2 is 0.527 bits per heavy atom. The summed E-state index contributed by atoms with van der Waals surface area (Å²) in [4.78, 5) is 25.7. The van der Waals surface area contributed by atoms with Crippen LogP contribution < -0.4 is 0 Å². The smallest absolute Gasteiger partial charge is 0.306 e. The monoisotopic (exact) mass is 1040 g/mol. The van der Waals surface area contributed by atoms with E-state index in [1.165, 1.54) is 327 Å². The van der Waals surface area contributed by atoms with Crippen LogP contribution in [0.1, 0.15) is 393 Å². The molecule has 0 aromatic heterocycles. The molecule has 1 unspecified atom stereocenters. The van der Waals surface area contributed by atoms with Crippen molar-refractivity contribution in [2.45, 2.75) is 399 Å². The SMILES string of the molecule is CCCCCCCC/C=C\CCCCCCCCCCCC(=O)OCC(COCCCCCCCCCCCCCCCCCCCCCC)OC(=O)CCCCCCCCCCCCCCCCCCCCC. The number of allylic oxidation sites excluding steroid dienone is 2. The van der Waals surface area contributed by atoms with E-state index in [0.717, 1.165) is 32.1 Å². The standard InChI is InChI=1S/C69H134O5/c1-4-7-10-13-16-19-22-25-28-31-34-37-40-43-46-49-52-55-58-61-64-72-65-67(74-69(71)63-60-57-54-51-48-45-42-39-36-33-30-27-24-21-18-15-12-9-6-3)66-73-68(70)62-59-56-53-50-47-44-41-38-35-32-29-26-23-20-17-14-11-8-5-2/h26,29,67H,4-25,27-28,30-66H2,1-3H3/b29-26-. The summed E-state index contributed by atoms with van der Waals surface area (Å²) in [6.07, 6.45) is 79.8. The topological polar surface area (TPSA) is 61.8 Å². The minimum atomic E-state index is -0.530. The molecule has 5 heteroatoms. The van der Waals surface area contributed by atoms with Gasteiger partial charge >= 0.3 is 11.9 Å². The molecule has 0 N–H and O–H groups in total. The first-order valence-electron chi connectivity index (χ1n) is 34.2. The van der Waals surface area contributed by atoms with Gasteiger partial charge in [0.1, 0.15) is 6.61 Å². The van der Waals surface area contributed by atoms with Crippen LogP contribution in [0.2, 0.25) is 0 Å². The van der Waals surface area contributed by atoms with Gasteiger partial charge in [0, 0.05) is 19.4 Å². The Morgan fingerprint density at radius 3 is 0.824 bits per heavy atom. The number of rotatable bonds is 65. The third-order valence-corrected chi connectivity index (χ3v) is 15.8. The molecule has 0 heterocycles. The first-order valence-corrected chi connectivity index (χ1v) is 34.2. The zero-order valence-corrected chi connectivity index (χ0v) is 50.9. The van der Waals surface area contributed by atoms with Gasteiger partial charge in [0.15, 0.2) is 6.10 Å². The van der Waals surface area contributed by atoms with Crippen molar-refractivity contribution in [3.63, 3.8) is 0 Å². The van der Waals surface area contributed by atoms with Crippen LogP contribution in [0.3, 0.4) is 0 Å². The van der Waals surface area contributed by atoms with Crippen LogP contribution in [-0.2, 0) is 23.8 Å². The van der Waals surface area contributed by atoms with Crippen LogP contribution in [0.15, 0.2) is 12.2 Å². The van der Waals surface area contributed by atoms with Crippen molar-refractivity contribution in [1.82, 2.24) is 0 Å². The summed E-state index contributed by atoms with van der Waals surface area (Å²) in [6.45, 7) is 7.94. The molecule has 0 aromatic rings. The highest BCUT2D eigenvalue weighted by atomic mass is 16.6. The van der Waals surface area contributed by atoms with Gasteiger partial charge < -0.3 is 14.2 Å². The molecule has 0 saturated carbocycles. The molecule has 1 atom stereocenters. The summed E-state index contributed by atoms with van der Waals surface area (Å²) in [5, 5.41) is 0. The van der Waals surface area contributed by atoms with Gasteiger partial charge in [-0.1, -0.05) is 348 Å². The molecular formula is C69H134O5. The molecule has 0 aliphatic heterocycles. The van der Waals surface area contributed by atoms with Crippen LogP contribution >= 0.6 is 0 Å². The van der Waals surface area contributed by atoms with Crippen molar-refractivity contribution in [3.05, 3.63) is 12.2 Å². The maximum atomic E-state index is 12.9.